The molecule has 2 aliphatic carbocycles. The van der Waals surface area contributed by atoms with E-state index in [0.717, 1.165) is 62.1 Å². The first kappa shape index (κ1) is 23.3. The number of Topliss-reactive ketones (excluding diaryl/α,β-unsaturated/α-hetero) is 1. The molecule has 34 heavy (non-hydrogen) atoms. The zero-order valence-electron chi connectivity index (χ0n) is 20.6. The lowest BCUT2D eigenvalue weighted by Gasteiger charge is -2.35. The monoisotopic (exact) mass is 462 g/mol. The van der Waals surface area contributed by atoms with Gasteiger partial charge in [-0.2, -0.15) is 0 Å². The number of rotatable bonds is 11. The number of H-pyrrole nitrogens is 1. The topological polar surface area (TPSA) is 78.1 Å². The number of amides is 1. The minimum Gasteiger partial charge on any atom is -0.346 e. The van der Waals surface area contributed by atoms with E-state index in [-0.39, 0.29) is 17.9 Å². The highest BCUT2D eigenvalue weighted by atomic mass is 16.2. The van der Waals surface area contributed by atoms with E-state index >= 15 is 0 Å². The summed E-state index contributed by atoms with van der Waals surface area (Å²) in [6.07, 6.45) is 10.9. The molecule has 6 nitrogen and oxygen atoms in total. The summed E-state index contributed by atoms with van der Waals surface area (Å²) in [4.78, 5) is 34.8. The molecule has 1 aromatic carbocycles. The smallest absolute Gasteiger partial charge is 0.226 e. The van der Waals surface area contributed by atoms with Gasteiger partial charge in [0.25, 0.3) is 0 Å². The van der Waals surface area contributed by atoms with Crippen LogP contribution in [-0.2, 0) is 9.59 Å². The highest BCUT2D eigenvalue weighted by Gasteiger charge is 2.37. The Bertz CT molecular complexity index is 1040. The Morgan fingerprint density at radius 3 is 2.71 bits per heavy atom. The Morgan fingerprint density at radius 1 is 1.15 bits per heavy atom. The number of ketones is 1. The Balaban J connectivity index is 1.26. The number of carbonyl (C=O) groups excluding carboxylic acids is 2. The van der Waals surface area contributed by atoms with Crippen LogP contribution in [0.25, 0.3) is 11.3 Å². The van der Waals surface area contributed by atoms with E-state index in [0.29, 0.717) is 18.6 Å². The molecule has 5 rings (SSSR count). The van der Waals surface area contributed by atoms with Gasteiger partial charge >= 0.3 is 0 Å². The molecule has 2 unspecified atom stereocenters. The van der Waals surface area contributed by atoms with E-state index in [4.69, 9.17) is 4.98 Å². The fourth-order valence-corrected chi connectivity index (χ4v) is 6.13. The zero-order valence-corrected chi connectivity index (χ0v) is 20.6. The summed E-state index contributed by atoms with van der Waals surface area (Å²) < 4.78 is 0. The fourth-order valence-electron chi connectivity index (χ4n) is 6.13. The third kappa shape index (κ3) is 4.83. The van der Waals surface area contributed by atoms with Crippen molar-refractivity contribution < 1.29 is 9.59 Å². The number of carbonyl (C=O) groups is 2. The van der Waals surface area contributed by atoms with E-state index in [1.54, 1.807) is 5.56 Å². The van der Waals surface area contributed by atoms with Crippen LogP contribution < -0.4 is 5.32 Å². The molecule has 182 valence electrons. The van der Waals surface area contributed by atoms with Crippen LogP contribution in [0.4, 0.5) is 0 Å². The maximum Gasteiger partial charge on any atom is 0.226 e. The molecular formula is C28H38N4O2. The van der Waals surface area contributed by atoms with Gasteiger partial charge in [-0.15, -0.1) is 0 Å². The largest absolute Gasteiger partial charge is 0.346 e. The summed E-state index contributed by atoms with van der Waals surface area (Å²) in [6, 6.07) is 6.77. The van der Waals surface area contributed by atoms with Gasteiger partial charge in [0.15, 0.2) is 0 Å². The number of hydrogen-bond acceptors (Lipinski definition) is 4. The summed E-state index contributed by atoms with van der Waals surface area (Å²) in [7, 11) is 2.04. The fraction of sp³-hybridized carbons (Fsp3) is 0.607. The zero-order chi connectivity index (χ0) is 23.7. The molecule has 1 saturated carbocycles. The molecule has 0 spiro atoms. The summed E-state index contributed by atoms with van der Waals surface area (Å²) in [5.41, 5.74) is 5.30. The van der Waals surface area contributed by atoms with Crippen molar-refractivity contribution in [3.05, 3.63) is 41.3 Å². The third-order valence-electron chi connectivity index (χ3n) is 8.23. The van der Waals surface area contributed by atoms with Gasteiger partial charge in [-0.3, -0.25) is 9.59 Å². The normalized spacial score (nSPS) is 22.4. The molecule has 2 N–H and O–H groups in total. The standard InChI is InChI=1S/C28H38N4O2/c1-3-22(33)7-5-4-6-8-25(31-28(34)21-16-32(2)17-21)27-29-15-26(30-27)20-11-12-23-18-9-10-19(13-18)24(23)14-20/h11-12,14-15,18-19,21,25H,3-10,13,16-17H2,1-2H3,(H,29,30)(H,31,34)/t18?,19?,25-/m0/s1. The Morgan fingerprint density at radius 2 is 1.94 bits per heavy atom. The maximum atomic E-state index is 12.8. The van der Waals surface area contributed by atoms with Crippen molar-refractivity contribution in [1.29, 1.82) is 0 Å². The molecule has 1 aliphatic heterocycles. The lowest BCUT2D eigenvalue weighted by molar-refractivity contribution is -0.130. The van der Waals surface area contributed by atoms with Crippen LogP contribution in [0.2, 0.25) is 0 Å². The molecular weight excluding hydrogens is 424 g/mol. The van der Waals surface area contributed by atoms with Gasteiger partial charge < -0.3 is 15.2 Å². The first-order valence-corrected chi connectivity index (χ1v) is 13.2. The predicted octanol–water partition coefficient (Wildman–Crippen LogP) is 5.09. The van der Waals surface area contributed by atoms with Crippen molar-refractivity contribution >= 4 is 11.7 Å². The van der Waals surface area contributed by atoms with Gasteiger partial charge in [-0.1, -0.05) is 31.9 Å². The maximum absolute atomic E-state index is 12.8. The Hall–Kier alpha value is -2.47. The highest BCUT2D eigenvalue weighted by Crippen LogP contribution is 2.53. The molecule has 6 heteroatoms. The van der Waals surface area contributed by atoms with Crippen molar-refractivity contribution in [3.63, 3.8) is 0 Å². The number of aromatic nitrogens is 2. The molecule has 2 fully saturated rings. The minimum atomic E-state index is -0.125. The molecule has 1 aromatic heterocycles. The number of nitrogens with zero attached hydrogens (tertiary/aromatic N) is 2. The molecule has 0 radical (unpaired) electrons. The van der Waals surface area contributed by atoms with Crippen LogP contribution in [-0.4, -0.2) is 46.7 Å². The van der Waals surface area contributed by atoms with Crippen molar-refractivity contribution in [2.24, 2.45) is 5.92 Å². The van der Waals surface area contributed by atoms with Crippen LogP contribution in [0, 0.1) is 5.92 Å². The predicted molar refractivity (Wildman–Crippen MR) is 134 cm³/mol. The summed E-state index contributed by atoms with van der Waals surface area (Å²) in [6.45, 7) is 3.56. The van der Waals surface area contributed by atoms with Crippen molar-refractivity contribution in [3.8, 4) is 11.3 Å². The lowest BCUT2D eigenvalue weighted by Crippen LogP contribution is -2.52. The van der Waals surface area contributed by atoms with Crippen LogP contribution in [0.1, 0.15) is 99.5 Å². The van der Waals surface area contributed by atoms with Crippen LogP contribution in [0.15, 0.2) is 24.4 Å². The van der Waals surface area contributed by atoms with Crippen LogP contribution in [0.5, 0.6) is 0 Å². The number of fused-ring (bicyclic) bond motifs is 5. The Kier molecular flexibility index (Phi) is 6.87. The van der Waals surface area contributed by atoms with Gasteiger partial charge in [-0.25, -0.2) is 4.98 Å². The molecule has 3 aliphatic rings. The lowest BCUT2D eigenvalue weighted by atomic mass is 9.90. The second kappa shape index (κ2) is 10.0. The molecule has 3 atom stereocenters. The number of unbranched alkanes of at least 4 members (excludes halogenated alkanes) is 2. The quantitative estimate of drug-likeness (QED) is 0.456. The molecule has 2 heterocycles. The average Bonchev–Trinajstić information content (AvgIpc) is 3.57. The molecule has 2 bridgehead atoms. The van der Waals surface area contributed by atoms with Crippen LogP contribution in [0.3, 0.4) is 0 Å². The molecule has 1 amide bonds. The second-order valence-electron chi connectivity index (χ2n) is 10.7. The number of likely N-dealkylation sites (tertiary alicyclic amines) is 1. The van der Waals surface area contributed by atoms with Gasteiger partial charge in [0.2, 0.25) is 5.91 Å². The summed E-state index contributed by atoms with van der Waals surface area (Å²) in [5, 5.41) is 3.27. The third-order valence-corrected chi connectivity index (χ3v) is 8.23. The first-order valence-electron chi connectivity index (χ1n) is 13.2. The van der Waals surface area contributed by atoms with Crippen molar-refractivity contribution in [2.75, 3.05) is 20.1 Å². The minimum absolute atomic E-state index is 0.0660. The van der Waals surface area contributed by atoms with Crippen LogP contribution >= 0.6 is 0 Å². The van der Waals surface area contributed by atoms with E-state index in [9.17, 15) is 9.59 Å². The Labute approximate surface area is 202 Å². The van der Waals surface area contributed by atoms with Crippen molar-refractivity contribution in [2.45, 2.75) is 82.6 Å². The highest BCUT2D eigenvalue weighted by molar-refractivity contribution is 5.80. The van der Waals surface area contributed by atoms with E-state index in [1.165, 1.54) is 30.4 Å². The van der Waals surface area contributed by atoms with Gasteiger partial charge in [0, 0.05) is 25.9 Å². The van der Waals surface area contributed by atoms with E-state index < -0.39 is 0 Å². The number of imidazole rings is 1. The van der Waals surface area contributed by atoms with Gasteiger partial charge in [0.1, 0.15) is 11.6 Å². The average molecular weight is 463 g/mol. The SMILES string of the molecule is CCC(=O)CCCCC[C@H](NC(=O)C1CN(C)C1)c1ncc(-c2ccc3c(c2)C2CCC3C2)[nH]1. The van der Waals surface area contributed by atoms with Gasteiger partial charge in [-0.05, 0) is 73.7 Å². The first-order chi connectivity index (χ1) is 16.5. The number of hydrogen-bond donors (Lipinski definition) is 2. The van der Waals surface area contributed by atoms with E-state index in [1.807, 2.05) is 20.2 Å². The number of aromatic amines is 1. The second-order valence-corrected chi connectivity index (χ2v) is 10.7. The molecule has 2 aromatic rings. The number of benzene rings is 1. The summed E-state index contributed by atoms with van der Waals surface area (Å²) in [5.74, 6) is 2.85. The molecule has 1 saturated heterocycles. The summed E-state index contributed by atoms with van der Waals surface area (Å²) >= 11 is 0. The number of nitrogens with one attached hydrogen (secondary N) is 2. The van der Waals surface area contributed by atoms with Crippen molar-refractivity contribution in [1.82, 2.24) is 20.2 Å². The van der Waals surface area contributed by atoms with Gasteiger partial charge in [0.05, 0.1) is 23.9 Å². The van der Waals surface area contributed by atoms with E-state index in [2.05, 4.69) is 33.4 Å².